The second-order valence-electron chi connectivity index (χ2n) is 3.33. The van der Waals surface area contributed by atoms with Gasteiger partial charge in [-0.3, -0.25) is 0 Å². The summed E-state index contributed by atoms with van der Waals surface area (Å²) < 4.78 is 6.35. The van der Waals surface area contributed by atoms with Gasteiger partial charge >= 0.3 is 0 Å². The highest BCUT2D eigenvalue weighted by atomic mass is 16.6. The van der Waals surface area contributed by atoms with Gasteiger partial charge in [0, 0.05) is 0 Å². The Morgan fingerprint density at radius 2 is 1.89 bits per heavy atom. The molecule has 0 aromatic rings. The Kier molecular flexibility index (Phi) is 1.53. The van der Waals surface area contributed by atoms with Gasteiger partial charge in [0.25, 0.3) is 0 Å². The maximum Gasteiger partial charge on any atom is 0.220 e. The van der Waals surface area contributed by atoms with E-state index in [-0.39, 0.29) is 0 Å². The number of epoxide rings is 1. The number of quaternary nitrogens is 1. The van der Waals surface area contributed by atoms with E-state index >= 15 is 0 Å². The van der Waals surface area contributed by atoms with Crippen LogP contribution in [0, 0.1) is 0 Å². The number of hydrogen-bond donors (Lipinski definition) is 0. The topological polar surface area (TPSA) is 12.5 Å². The molecule has 2 atom stereocenters. The van der Waals surface area contributed by atoms with Gasteiger partial charge in [0.2, 0.25) is 6.23 Å². The van der Waals surface area contributed by atoms with Gasteiger partial charge in [0.05, 0.1) is 20.6 Å². The van der Waals surface area contributed by atoms with Crippen molar-refractivity contribution in [2.24, 2.45) is 0 Å². The summed E-state index contributed by atoms with van der Waals surface area (Å²) >= 11 is 0. The molecular weight excluding hydrogens is 114 g/mol. The summed E-state index contributed by atoms with van der Waals surface area (Å²) in [5, 5.41) is 0. The minimum absolute atomic E-state index is 0.468. The van der Waals surface area contributed by atoms with Crippen LogP contribution in [0.2, 0.25) is 0 Å². The zero-order valence-electron chi connectivity index (χ0n) is 6.72. The first-order valence-corrected chi connectivity index (χ1v) is 3.56. The van der Waals surface area contributed by atoms with Crippen molar-refractivity contribution in [1.29, 1.82) is 0 Å². The van der Waals surface area contributed by atoms with Gasteiger partial charge in [0.15, 0.2) is 0 Å². The van der Waals surface area contributed by atoms with Crippen molar-refractivity contribution < 1.29 is 9.22 Å². The van der Waals surface area contributed by atoms with Crippen LogP contribution >= 0.6 is 0 Å². The lowest BCUT2D eigenvalue weighted by Gasteiger charge is -2.25. The van der Waals surface area contributed by atoms with Crippen molar-refractivity contribution in [3.05, 3.63) is 0 Å². The van der Waals surface area contributed by atoms with Gasteiger partial charge in [-0.1, -0.05) is 0 Å². The number of hydrogen-bond acceptors (Lipinski definition) is 1. The maximum atomic E-state index is 5.34. The average Bonchev–Trinajstić information content (AvgIpc) is 2.47. The summed E-state index contributed by atoms with van der Waals surface area (Å²) in [6, 6.07) is 0. The SMILES string of the molecule is CC[N+](C)(C)C1OC1C. The van der Waals surface area contributed by atoms with Gasteiger partial charge in [-0.15, -0.1) is 0 Å². The first-order valence-electron chi connectivity index (χ1n) is 3.56. The van der Waals surface area contributed by atoms with Crippen molar-refractivity contribution in [2.75, 3.05) is 20.6 Å². The molecule has 54 valence electrons. The molecule has 0 spiro atoms. The van der Waals surface area contributed by atoms with Crippen LogP contribution in [0.4, 0.5) is 0 Å². The van der Waals surface area contributed by atoms with Crippen LogP contribution in [0.5, 0.6) is 0 Å². The number of likely N-dealkylation sites (N-methyl/N-ethyl adjacent to an activating group) is 1. The fourth-order valence-electron chi connectivity index (χ4n) is 1.09. The Bertz CT molecular complexity index is 111. The quantitative estimate of drug-likeness (QED) is 0.398. The van der Waals surface area contributed by atoms with Crippen LogP contribution in [0.1, 0.15) is 13.8 Å². The lowest BCUT2D eigenvalue weighted by Crippen LogP contribution is -2.42. The Morgan fingerprint density at radius 1 is 1.44 bits per heavy atom. The highest BCUT2D eigenvalue weighted by Gasteiger charge is 2.47. The van der Waals surface area contributed by atoms with Crippen LogP contribution < -0.4 is 0 Å². The Balaban J connectivity index is 2.41. The van der Waals surface area contributed by atoms with Gasteiger partial charge in [-0.25, -0.2) is 0 Å². The number of ether oxygens (including phenoxy) is 1. The van der Waals surface area contributed by atoms with Gasteiger partial charge in [-0.05, 0) is 13.8 Å². The molecule has 0 bridgehead atoms. The number of nitrogens with zero attached hydrogens (tertiary/aromatic N) is 1. The predicted octanol–water partition coefficient (Wildman–Crippen LogP) is 0.827. The second-order valence-corrected chi connectivity index (χ2v) is 3.33. The molecular formula is C7H16NO+. The van der Waals surface area contributed by atoms with Crippen molar-refractivity contribution in [2.45, 2.75) is 26.2 Å². The molecule has 0 saturated carbocycles. The van der Waals surface area contributed by atoms with Gasteiger partial charge < -0.3 is 9.22 Å². The van der Waals surface area contributed by atoms with E-state index in [4.69, 9.17) is 4.74 Å². The largest absolute Gasteiger partial charge is 0.315 e. The van der Waals surface area contributed by atoms with E-state index in [1.165, 1.54) is 0 Å². The molecule has 9 heavy (non-hydrogen) atoms. The third kappa shape index (κ3) is 1.25. The molecule has 0 aromatic heterocycles. The molecule has 0 aromatic carbocycles. The van der Waals surface area contributed by atoms with Crippen molar-refractivity contribution in [3.63, 3.8) is 0 Å². The van der Waals surface area contributed by atoms with E-state index in [0.29, 0.717) is 12.3 Å². The van der Waals surface area contributed by atoms with E-state index in [1.54, 1.807) is 0 Å². The van der Waals surface area contributed by atoms with Gasteiger partial charge in [-0.2, -0.15) is 0 Å². The summed E-state index contributed by atoms with van der Waals surface area (Å²) in [6.45, 7) is 5.46. The summed E-state index contributed by atoms with van der Waals surface area (Å²) in [7, 11) is 4.41. The highest BCUT2D eigenvalue weighted by molar-refractivity contribution is 4.70. The van der Waals surface area contributed by atoms with Crippen LogP contribution in [0.15, 0.2) is 0 Å². The lowest BCUT2D eigenvalue weighted by molar-refractivity contribution is -0.909. The van der Waals surface area contributed by atoms with Crippen molar-refractivity contribution in [1.82, 2.24) is 0 Å². The fraction of sp³-hybridized carbons (Fsp3) is 1.00. The van der Waals surface area contributed by atoms with Crippen molar-refractivity contribution >= 4 is 0 Å². The molecule has 1 heterocycles. The summed E-state index contributed by atoms with van der Waals surface area (Å²) in [4.78, 5) is 0. The maximum absolute atomic E-state index is 5.34. The molecule has 1 fully saturated rings. The summed E-state index contributed by atoms with van der Waals surface area (Å²) in [5.74, 6) is 0. The minimum Gasteiger partial charge on any atom is -0.315 e. The number of rotatable bonds is 2. The van der Waals surface area contributed by atoms with E-state index < -0.39 is 0 Å². The van der Waals surface area contributed by atoms with E-state index in [9.17, 15) is 0 Å². The molecule has 2 unspecified atom stereocenters. The normalized spacial score (nSPS) is 34.7. The molecule has 2 heteroatoms. The van der Waals surface area contributed by atoms with Crippen LogP contribution in [-0.2, 0) is 4.74 Å². The first kappa shape index (κ1) is 7.03. The second kappa shape index (κ2) is 1.96. The van der Waals surface area contributed by atoms with Crippen LogP contribution in [0.3, 0.4) is 0 Å². The Labute approximate surface area is 57.0 Å². The third-order valence-electron chi connectivity index (χ3n) is 2.18. The molecule has 1 aliphatic heterocycles. The molecule has 0 aliphatic carbocycles. The first-order chi connectivity index (χ1) is 4.08. The monoisotopic (exact) mass is 130 g/mol. The summed E-state index contributed by atoms with van der Waals surface area (Å²) in [6.07, 6.45) is 0.954. The van der Waals surface area contributed by atoms with Crippen LogP contribution in [0.25, 0.3) is 0 Å². The molecule has 1 saturated heterocycles. The predicted molar refractivity (Wildman–Crippen MR) is 37.0 cm³/mol. The van der Waals surface area contributed by atoms with Crippen LogP contribution in [-0.4, -0.2) is 37.5 Å². The highest BCUT2D eigenvalue weighted by Crippen LogP contribution is 2.28. The molecule has 1 rings (SSSR count). The summed E-state index contributed by atoms with van der Waals surface area (Å²) in [5.41, 5.74) is 0. The van der Waals surface area contributed by atoms with E-state index in [0.717, 1.165) is 11.0 Å². The molecule has 0 amide bonds. The molecule has 0 radical (unpaired) electrons. The standard InChI is InChI=1S/C7H16NO/c1-5-8(3,4)7-6(2)9-7/h6-7H,5H2,1-4H3/q+1. The lowest BCUT2D eigenvalue weighted by atomic mass is 10.4. The smallest absolute Gasteiger partial charge is 0.220 e. The Morgan fingerprint density at radius 3 is 2.00 bits per heavy atom. The average molecular weight is 130 g/mol. The third-order valence-corrected chi connectivity index (χ3v) is 2.18. The molecule has 2 nitrogen and oxygen atoms in total. The molecule has 1 aliphatic rings. The molecule has 0 N–H and O–H groups in total. The fourth-order valence-corrected chi connectivity index (χ4v) is 1.09. The minimum atomic E-state index is 0.468. The van der Waals surface area contributed by atoms with Crippen molar-refractivity contribution in [3.8, 4) is 0 Å². The van der Waals surface area contributed by atoms with Gasteiger partial charge in [0.1, 0.15) is 6.10 Å². The van der Waals surface area contributed by atoms with E-state index in [2.05, 4.69) is 27.9 Å². The van der Waals surface area contributed by atoms with E-state index in [1.807, 2.05) is 0 Å². The zero-order chi connectivity index (χ0) is 7.07. The zero-order valence-corrected chi connectivity index (χ0v) is 6.72. The Hall–Kier alpha value is -0.0800.